The first-order chi connectivity index (χ1) is 22.6. The van der Waals surface area contributed by atoms with Gasteiger partial charge in [-0.25, -0.2) is 8.42 Å². The van der Waals surface area contributed by atoms with E-state index in [4.69, 9.17) is 25.1 Å². The first-order valence-electron chi connectivity index (χ1n) is 15.0. The number of aromatic nitrogens is 3. The summed E-state index contributed by atoms with van der Waals surface area (Å²) in [4.78, 5) is 0. The Hall–Kier alpha value is -5.37. The predicted molar refractivity (Wildman–Crippen MR) is 180 cm³/mol. The Bertz CT molecular complexity index is 2330. The van der Waals surface area contributed by atoms with Crippen LogP contribution in [0.5, 0.6) is 5.75 Å². The molecule has 0 atom stereocenters. The third kappa shape index (κ3) is 6.77. The molecule has 7 rings (SSSR count). The van der Waals surface area contributed by atoms with Crippen LogP contribution >= 0.6 is 0 Å². The average Bonchev–Trinajstić information content (AvgIpc) is 3.81. The van der Waals surface area contributed by atoms with Crippen LogP contribution in [0.15, 0.2) is 100 Å². The molecule has 47 heavy (non-hydrogen) atoms. The number of pyridine rings is 1. The number of ether oxygens (including phenoxy) is 1. The lowest BCUT2D eigenvalue weighted by Crippen LogP contribution is -2.27. The van der Waals surface area contributed by atoms with Gasteiger partial charge in [-0.15, -0.1) is 12.3 Å². The van der Waals surface area contributed by atoms with Crippen molar-refractivity contribution in [1.29, 1.82) is 0 Å². The Kier molecular flexibility index (Phi) is 8.85. The molecule has 0 saturated carbocycles. The summed E-state index contributed by atoms with van der Waals surface area (Å²) in [5.41, 5.74) is 7.25. The molecule has 5 heterocycles. The van der Waals surface area contributed by atoms with Gasteiger partial charge in [0.25, 0.3) is 5.52 Å². The van der Waals surface area contributed by atoms with Crippen LogP contribution in [-0.2, 0) is 22.4 Å². The molecule has 0 spiro atoms. The van der Waals surface area contributed by atoms with E-state index in [1.807, 2.05) is 61.0 Å². The number of benzene rings is 2. The van der Waals surface area contributed by atoms with Gasteiger partial charge in [-0.3, -0.25) is 0 Å². The highest BCUT2D eigenvalue weighted by atomic mass is 32.2. The highest BCUT2D eigenvalue weighted by molar-refractivity contribution is 7.84. The lowest BCUT2D eigenvalue weighted by Gasteiger charge is -2.08. The van der Waals surface area contributed by atoms with Gasteiger partial charge in [-0.05, 0) is 66.7 Å². The van der Waals surface area contributed by atoms with Crippen molar-refractivity contribution in [1.82, 2.24) is 9.67 Å². The summed E-state index contributed by atoms with van der Waals surface area (Å²) in [6, 6.07) is 23.4. The molecule has 0 saturated heterocycles. The summed E-state index contributed by atoms with van der Waals surface area (Å²) in [6.07, 6.45) is 12.4. The molecular weight excluding hydrogens is 614 g/mol. The van der Waals surface area contributed by atoms with Gasteiger partial charge in [0, 0.05) is 47.0 Å². The van der Waals surface area contributed by atoms with E-state index in [1.165, 1.54) is 0 Å². The second-order valence-electron chi connectivity index (χ2n) is 11.3. The number of hydrogen-bond donors (Lipinski definition) is 0. The quantitative estimate of drug-likeness (QED) is 0.0741. The van der Waals surface area contributed by atoms with Crippen LogP contribution in [0, 0.1) is 26.2 Å². The zero-order chi connectivity index (χ0) is 33.1. The Balaban J connectivity index is 0.000000251. The molecule has 0 unspecified atom stereocenters. The van der Waals surface area contributed by atoms with E-state index in [1.54, 1.807) is 31.8 Å². The second-order valence-corrected chi connectivity index (χ2v) is 12.7. The molecule has 10 heteroatoms. The highest BCUT2D eigenvalue weighted by Crippen LogP contribution is 2.36. The molecular formula is C37H33N3O6S. The molecule has 0 amide bonds. The molecule has 0 fully saturated rings. The largest absolute Gasteiger partial charge is 0.748 e. The lowest BCUT2D eigenvalue weighted by molar-refractivity contribution is -0.578. The van der Waals surface area contributed by atoms with Crippen molar-refractivity contribution in [2.75, 3.05) is 7.11 Å². The zero-order valence-electron chi connectivity index (χ0n) is 26.3. The van der Waals surface area contributed by atoms with Crippen molar-refractivity contribution in [2.24, 2.45) is 0 Å². The number of terminal acetylenes is 1. The molecule has 0 aliphatic heterocycles. The Morgan fingerprint density at radius 3 is 2.32 bits per heavy atom. The number of unbranched alkanes of at least 4 members (excludes halogenated alkanes) is 1. The van der Waals surface area contributed by atoms with E-state index in [2.05, 4.69) is 34.8 Å². The molecule has 7 aromatic rings. The number of aryl methyl sites for hydroxylation is 3. The lowest BCUT2D eigenvalue weighted by atomic mass is 10.1. The fraction of sp³-hybridized carbons (Fsp3) is 0.189. The summed E-state index contributed by atoms with van der Waals surface area (Å²) in [7, 11) is -2.47. The first-order valence-corrected chi connectivity index (χ1v) is 16.6. The Morgan fingerprint density at radius 1 is 0.957 bits per heavy atom. The van der Waals surface area contributed by atoms with E-state index in [0.29, 0.717) is 23.4 Å². The molecule has 2 aromatic carbocycles. The summed E-state index contributed by atoms with van der Waals surface area (Å²) < 4.78 is 52.6. The molecule has 0 N–H and O–H groups in total. The summed E-state index contributed by atoms with van der Waals surface area (Å²) >= 11 is 0. The highest BCUT2D eigenvalue weighted by Gasteiger charge is 2.25. The van der Waals surface area contributed by atoms with Crippen LogP contribution in [0.25, 0.3) is 50.1 Å². The maximum absolute atomic E-state index is 10.5. The smallest absolute Gasteiger partial charge is 0.263 e. The summed E-state index contributed by atoms with van der Waals surface area (Å²) in [6.45, 7) is 4.52. The third-order valence-electron chi connectivity index (χ3n) is 7.80. The Labute approximate surface area is 272 Å². The van der Waals surface area contributed by atoms with Crippen LogP contribution in [0.2, 0.25) is 0 Å². The van der Waals surface area contributed by atoms with Crippen LogP contribution in [0.1, 0.15) is 29.5 Å². The van der Waals surface area contributed by atoms with Gasteiger partial charge in [0.1, 0.15) is 17.0 Å². The fourth-order valence-corrected chi connectivity index (χ4v) is 6.57. The van der Waals surface area contributed by atoms with Crippen LogP contribution in [0.4, 0.5) is 0 Å². The van der Waals surface area contributed by atoms with Crippen molar-refractivity contribution < 1.29 is 31.1 Å². The third-order valence-corrected chi connectivity index (χ3v) is 8.48. The molecule has 238 valence electrons. The van der Waals surface area contributed by atoms with Gasteiger partial charge < -0.3 is 22.7 Å². The van der Waals surface area contributed by atoms with Gasteiger partial charge >= 0.3 is 0 Å². The standard InChI is InChI=1S/C28H22N3O3.C9H12O3S/c1-3-4-5-13-30-23-17-19(32-2)10-11-20(23)21-12-14-31-24(28(21)30)18-22(25-8-6-15-33-25)27(29-31)26-9-7-16-34-26;1-7-3-8(2)5-9(4-7)6-13(10,11)12/h1,6-12,14-18H,4-5,13H2,2H3;3-5H,6H2,1-2H3,(H,10,11,12)/q+1;/p-1. The van der Waals surface area contributed by atoms with Crippen molar-refractivity contribution in [3.63, 3.8) is 0 Å². The predicted octanol–water partition coefficient (Wildman–Crippen LogP) is 7.22. The normalized spacial score (nSPS) is 11.5. The second kappa shape index (κ2) is 13.2. The Morgan fingerprint density at radius 2 is 1.68 bits per heavy atom. The zero-order valence-corrected chi connectivity index (χ0v) is 27.1. The minimum absolute atomic E-state index is 0.421. The van der Waals surface area contributed by atoms with Crippen molar-refractivity contribution in [3.05, 3.63) is 108 Å². The van der Waals surface area contributed by atoms with E-state index in [9.17, 15) is 13.0 Å². The number of fused-ring (bicyclic) bond motifs is 5. The van der Waals surface area contributed by atoms with Gasteiger partial charge in [0.05, 0.1) is 46.6 Å². The fourth-order valence-electron chi connectivity index (χ4n) is 5.99. The van der Waals surface area contributed by atoms with Crippen molar-refractivity contribution >= 4 is 37.4 Å². The maximum atomic E-state index is 10.5. The summed E-state index contributed by atoms with van der Waals surface area (Å²) in [5, 5.41) is 7.27. The topological polar surface area (TPSA) is 115 Å². The minimum Gasteiger partial charge on any atom is -0.748 e. The van der Waals surface area contributed by atoms with E-state index < -0.39 is 15.9 Å². The van der Waals surface area contributed by atoms with Crippen LogP contribution in [-0.4, -0.2) is 29.7 Å². The minimum atomic E-state index is -4.16. The van der Waals surface area contributed by atoms with E-state index >= 15 is 0 Å². The van der Waals surface area contributed by atoms with Crippen molar-refractivity contribution in [2.45, 2.75) is 39.0 Å². The molecule has 0 bridgehead atoms. The van der Waals surface area contributed by atoms with Crippen molar-refractivity contribution in [3.8, 4) is 40.9 Å². The van der Waals surface area contributed by atoms with Crippen LogP contribution in [0.3, 0.4) is 0 Å². The van der Waals surface area contributed by atoms with Gasteiger partial charge in [0.15, 0.2) is 11.5 Å². The van der Waals surface area contributed by atoms with Gasteiger partial charge in [-0.2, -0.15) is 0 Å². The first kappa shape index (κ1) is 31.6. The average molecular weight is 648 g/mol. The number of hydrogen-bond acceptors (Lipinski definition) is 7. The SMILES string of the molecule is C#CCCCn1c2cc(OC)ccc2c2cc[n+]3nc(-c4ccco4)c(-c4ccco4)cc3c21.Cc1cc(C)cc(CS(=O)(=O)[O-])c1. The number of methoxy groups -OCH3 is 1. The van der Waals surface area contributed by atoms with E-state index in [0.717, 1.165) is 68.5 Å². The van der Waals surface area contributed by atoms with Crippen LogP contribution < -0.4 is 9.25 Å². The molecule has 0 radical (unpaired) electrons. The number of rotatable bonds is 8. The summed E-state index contributed by atoms with van der Waals surface area (Å²) in [5.74, 6) is 4.57. The van der Waals surface area contributed by atoms with Gasteiger partial charge in [-0.1, -0.05) is 29.3 Å². The molecule has 0 aliphatic carbocycles. The molecule has 0 aliphatic rings. The number of nitrogens with zero attached hydrogens (tertiary/aromatic N) is 3. The van der Waals surface area contributed by atoms with Gasteiger partial charge in [0.2, 0.25) is 6.20 Å². The number of furan rings is 2. The molecule has 9 nitrogen and oxygen atoms in total. The maximum Gasteiger partial charge on any atom is 0.263 e. The monoisotopic (exact) mass is 647 g/mol. The molecule has 5 aromatic heterocycles. The van der Waals surface area contributed by atoms with E-state index in [-0.39, 0.29) is 0 Å².